The Labute approximate surface area is 124 Å². The van der Waals surface area contributed by atoms with Crippen LogP contribution in [0.25, 0.3) is 0 Å². The summed E-state index contributed by atoms with van der Waals surface area (Å²) in [5.74, 6) is 1.05. The van der Waals surface area contributed by atoms with Crippen LogP contribution in [0.3, 0.4) is 0 Å². The Hall–Kier alpha value is -0.640. The quantitative estimate of drug-likeness (QED) is 0.789. The number of benzene rings is 2. The van der Waals surface area contributed by atoms with E-state index >= 15 is 0 Å². The maximum absolute atomic E-state index is 6.04. The molecule has 0 spiro atoms. The summed E-state index contributed by atoms with van der Waals surface area (Å²) in [7, 11) is 0. The Morgan fingerprint density at radius 2 is 2.06 bits per heavy atom. The molecule has 0 saturated heterocycles. The third-order valence-electron chi connectivity index (χ3n) is 2.96. The molecular weight excluding hydrogens is 330 g/mol. The molecule has 0 fully saturated rings. The number of hydrogen-bond acceptors (Lipinski definition) is 2. The maximum Gasteiger partial charge on any atom is 0.0619 e. The van der Waals surface area contributed by atoms with Crippen LogP contribution in [0.4, 0.5) is 5.69 Å². The fourth-order valence-corrected chi connectivity index (χ4v) is 3.77. The summed E-state index contributed by atoms with van der Waals surface area (Å²) < 4.78 is 1.04. The van der Waals surface area contributed by atoms with Gasteiger partial charge in [-0.05, 0) is 45.8 Å². The summed E-state index contributed by atoms with van der Waals surface area (Å²) in [6.07, 6.45) is 0. The smallest absolute Gasteiger partial charge is 0.0619 e. The van der Waals surface area contributed by atoms with Gasteiger partial charge in [0.2, 0.25) is 0 Å². The van der Waals surface area contributed by atoms with Crippen LogP contribution in [0.15, 0.2) is 51.8 Å². The molecule has 2 aromatic rings. The van der Waals surface area contributed by atoms with Gasteiger partial charge in [0.05, 0.1) is 11.7 Å². The summed E-state index contributed by atoms with van der Waals surface area (Å²) in [4.78, 5) is 1.37. The number of rotatable bonds is 2. The molecule has 0 amide bonds. The van der Waals surface area contributed by atoms with E-state index in [1.165, 1.54) is 10.5 Å². The minimum atomic E-state index is 0.348. The van der Waals surface area contributed by atoms with Crippen LogP contribution in [0.2, 0.25) is 5.02 Å². The molecule has 1 nitrogen and oxygen atoms in total. The zero-order chi connectivity index (χ0) is 12.5. The molecule has 1 atom stereocenters. The first-order valence-electron chi connectivity index (χ1n) is 5.67. The Morgan fingerprint density at radius 1 is 1.22 bits per heavy atom. The topological polar surface area (TPSA) is 12.0 Å². The molecule has 3 rings (SSSR count). The van der Waals surface area contributed by atoms with E-state index in [4.69, 9.17) is 11.6 Å². The summed E-state index contributed by atoms with van der Waals surface area (Å²) in [6, 6.07) is 14.7. The zero-order valence-electron chi connectivity index (χ0n) is 9.49. The lowest BCUT2D eigenvalue weighted by Crippen LogP contribution is -2.10. The van der Waals surface area contributed by atoms with Crippen LogP contribution >= 0.6 is 39.3 Å². The Bertz CT molecular complexity index is 588. The predicted octanol–water partition coefficient (Wildman–Crippen LogP) is 5.36. The van der Waals surface area contributed by atoms with E-state index in [2.05, 4.69) is 45.5 Å². The first-order chi connectivity index (χ1) is 8.74. The van der Waals surface area contributed by atoms with E-state index in [1.54, 1.807) is 0 Å². The molecule has 2 aromatic carbocycles. The molecule has 4 heteroatoms. The van der Waals surface area contributed by atoms with Crippen molar-refractivity contribution in [2.24, 2.45) is 0 Å². The lowest BCUT2D eigenvalue weighted by Gasteiger charge is -2.16. The van der Waals surface area contributed by atoms with Gasteiger partial charge in [-0.15, -0.1) is 11.8 Å². The number of halogens is 2. The monoisotopic (exact) mass is 339 g/mol. The SMILES string of the molecule is Clc1ccc(Br)c(NC2CSc3ccccc32)c1. The second kappa shape index (κ2) is 5.16. The highest BCUT2D eigenvalue weighted by atomic mass is 79.9. The lowest BCUT2D eigenvalue weighted by atomic mass is 10.1. The van der Waals surface area contributed by atoms with Crippen molar-refractivity contribution in [3.63, 3.8) is 0 Å². The minimum Gasteiger partial charge on any atom is -0.376 e. The molecule has 0 saturated carbocycles. The largest absolute Gasteiger partial charge is 0.376 e. The van der Waals surface area contributed by atoms with Gasteiger partial charge < -0.3 is 5.32 Å². The van der Waals surface area contributed by atoms with E-state index < -0.39 is 0 Å². The number of hydrogen-bond donors (Lipinski definition) is 1. The van der Waals surface area contributed by atoms with E-state index in [0.29, 0.717) is 6.04 Å². The molecule has 0 bridgehead atoms. The first kappa shape index (κ1) is 12.4. The average Bonchev–Trinajstić information content (AvgIpc) is 2.78. The highest BCUT2D eigenvalue weighted by Gasteiger charge is 2.22. The number of fused-ring (bicyclic) bond motifs is 1. The fraction of sp³-hybridized carbons (Fsp3) is 0.143. The molecule has 1 N–H and O–H groups in total. The van der Waals surface area contributed by atoms with E-state index in [9.17, 15) is 0 Å². The third kappa shape index (κ3) is 2.40. The standard InChI is InChI=1S/C14H11BrClNS/c15-11-6-5-9(16)7-12(11)17-13-8-18-14-4-2-1-3-10(13)14/h1-7,13,17H,8H2. The van der Waals surface area contributed by atoms with Crippen molar-refractivity contribution >= 4 is 45.0 Å². The van der Waals surface area contributed by atoms with Gasteiger partial charge in [0.1, 0.15) is 0 Å². The van der Waals surface area contributed by atoms with Crippen molar-refractivity contribution in [1.82, 2.24) is 0 Å². The zero-order valence-corrected chi connectivity index (χ0v) is 12.6. The average molecular weight is 341 g/mol. The summed E-state index contributed by atoms with van der Waals surface area (Å²) in [5, 5.41) is 4.30. The molecule has 92 valence electrons. The van der Waals surface area contributed by atoms with E-state index in [-0.39, 0.29) is 0 Å². The van der Waals surface area contributed by atoms with Gasteiger partial charge >= 0.3 is 0 Å². The Kier molecular flexibility index (Phi) is 3.55. The van der Waals surface area contributed by atoms with Crippen LogP contribution in [0.1, 0.15) is 11.6 Å². The van der Waals surface area contributed by atoms with E-state index in [0.717, 1.165) is 20.9 Å². The van der Waals surface area contributed by atoms with Crippen LogP contribution in [-0.4, -0.2) is 5.75 Å². The van der Waals surface area contributed by atoms with Crippen LogP contribution in [0.5, 0.6) is 0 Å². The van der Waals surface area contributed by atoms with Crippen molar-refractivity contribution < 1.29 is 0 Å². The lowest BCUT2D eigenvalue weighted by molar-refractivity contribution is 0.899. The second-order valence-electron chi connectivity index (χ2n) is 4.17. The molecule has 1 aliphatic rings. The summed E-state index contributed by atoms with van der Waals surface area (Å²) >= 11 is 11.5. The first-order valence-corrected chi connectivity index (χ1v) is 7.83. The third-order valence-corrected chi connectivity index (χ3v) is 5.07. The van der Waals surface area contributed by atoms with Gasteiger partial charge in [0, 0.05) is 20.1 Å². The van der Waals surface area contributed by atoms with E-state index in [1.807, 2.05) is 30.0 Å². The van der Waals surface area contributed by atoms with Crippen molar-refractivity contribution in [2.45, 2.75) is 10.9 Å². The molecule has 18 heavy (non-hydrogen) atoms. The summed E-state index contributed by atoms with van der Waals surface area (Å²) in [5.41, 5.74) is 2.42. The van der Waals surface area contributed by atoms with Crippen molar-refractivity contribution in [3.8, 4) is 0 Å². The summed E-state index contributed by atoms with van der Waals surface area (Å²) in [6.45, 7) is 0. The maximum atomic E-state index is 6.04. The molecular formula is C14H11BrClNS. The number of anilines is 1. The molecule has 1 unspecified atom stereocenters. The van der Waals surface area contributed by atoms with Crippen molar-refractivity contribution in [1.29, 1.82) is 0 Å². The van der Waals surface area contributed by atoms with Gasteiger partial charge in [-0.3, -0.25) is 0 Å². The Morgan fingerprint density at radius 3 is 2.94 bits per heavy atom. The van der Waals surface area contributed by atoms with Crippen LogP contribution in [0, 0.1) is 0 Å². The van der Waals surface area contributed by atoms with Gasteiger partial charge in [-0.25, -0.2) is 0 Å². The van der Waals surface area contributed by atoms with Crippen molar-refractivity contribution in [2.75, 3.05) is 11.1 Å². The van der Waals surface area contributed by atoms with Crippen LogP contribution in [-0.2, 0) is 0 Å². The van der Waals surface area contributed by atoms with Crippen molar-refractivity contribution in [3.05, 3.63) is 57.5 Å². The molecule has 1 aliphatic heterocycles. The number of nitrogens with one attached hydrogen (secondary N) is 1. The van der Waals surface area contributed by atoms with Gasteiger partial charge in [-0.2, -0.15) is 0 Å². The minimum absolute atomic E-state index is 0.348. The van der Waals surface area contributed by atoms with Gasteiger partial charge in [-0.1, -0.05) is 29.8 Å². The predicted molar refractivity (Wildman–Crippen MR) is 82.7 cm³/mol. The molecule has 1 heterocycles. The highest BCUT2D eigenvalue weighted by molar-refractivity contribution is 9.10. The normalized spacial score (nSPS) is 17.6. The number of thioether (sulfide) groups is 1. The fourth-order valence-electron chi connectivity index (χ4n) is 2.08. The van der Waals surface area contributed by atoms with Gasteiger partial charge in [0.25, 0.3) is 0 Å². The Balaban J connectivity index is 1.88. The molecule has 0 radical (unpaired) electrons. The highest BCUT2D eigenvalue weighted by Crippen LogP contribution is 2.40. The second-order valence-corrected chi connectivity index (χ2v) is 6.52. The van der Waals surface area contributed by atoms with Gasteiger partial charge in [0.15, 0.2) is 0 Å². The molecule has 0 aromatic heterocycles. The van der Waals surface area contributed by atoms with Crippen LogP contribution < -0.4 is 5.32 Å². The molecule has 0 aliphatic carbocycles.